The van der Waals surface area contributed by atoms with E-state index < -0.39 is 10.8 Å². The largest absolute Gasteiger partial charge is 0.326 e. The van der Waals surface area contributed by atoms with Crippen molar-refractivity contribution in [3.63, 3.8) is 0 Å². The van der Waals surface area contributed by atoms with E-state index in [-0.39, 0.29) is 11.6 Å². The molecule has 0 aliphatic carbocycles. The molecule has 9 heteroatoms. The predicted octanol–water partition coefficient (Wildman–Crippen LogP) is 3.11. The van der Waals surface area contributed by atoms with Crippen molar-refractivity contribution < 1.29 is 14.5 Å². The number of hydrogen-bond donors (Lipinski definition) is 2. The van der Waals surface area contributed by atoms with Crippen molar-refractivity contribution in [1.29, 1.82) is 0 Å². The molecule has 0 radical (unpaired) electrons. The highest BCUT2D eigenvalue weighted by Crippen LogP contribution is 2.17. The van der Waals surface area contributed by atoms with Crippen molar-refractivity contribution >= 4 is 29.4 Å². The SMILES string of the molecule is CC(=O)Nc1cccc(C(=O)NN=Cc2cccn2-c2ccc([N+](=O)[O-])cc2)c1. The predicted molar refractivity (Wildman–Crippen MR) is 108 cm³/mol. The molecule has 3 aromatic rings. The number of aromatic nitrogens is 1. The van der Waals surface area contributed by atoms with Crippen LogP contribution in [0, 0.1) is 10.1 Å². The summed E-state index contributed by atoms with van der Waals surface area (Å²) >= 11 is 0. The van der Waals surface area contributed by atoms with Crippen molar-refractivity contribution in [3.8, 4) is 5.69 Å². The molecule has 0 spiro atoms. The minimum atomic E-state index is -0.460. The lowest BCUT2D eigenvalue weighted by Crippen LogP contribution is -2.18. The van der Waals surface area contributed by atoms with Gasteiger partial charge >= 0.3 is 0 Å². The lowest BCUT2D eigenvalue weighted by molar-refractivity contribution is -0.384. The molecule has 0 fully saturated rings. The van der Waals surface area contributed by atoms with Crippen LogP contribution in [0.4, 0.5) is 11.4 Å². The first-order chi connectivity index (χ1) is 13.9. The summed E-state index contributed by atoms with van der Waals surface area (Å²) in [5, 5.41) is 17.4. The zero-order valence-corrected chi connectivity index (χ0v) is 15.4. The Bertz CT molecular complexity index is 1090. The fourth-order valence-electron chi connectivity index (χ4n) is 2.63. The Labute approximate surface area is 165 Å². The number of nitro benzene ring substituents is 1. The third kappa shape index (κ3) is 4.92. The molecule has 2 amide bonds. The highest BCUT2D eigenvalue weighted by atomic mass is 16.6. The van der Waals surface area contributed by atoms with E-state index in [4.69, 9.17) is 0 Å². The van der Waals surface area contributed by atoms with Crippen LogP contribution in [0.25, 0.3) is 5.69 Å². The van der Waals surface area contributed by atoms with Gasteiger partial charge in [-0.3, -0.25) is 19.7 Å². The Morgan fingerprint density at radius 1 is 1.10 bits per heavy atom. The topological polar surface area (TPSA) is 119 Å². The van der Waals surface area contributed by atoms with Crippen LogP contribution in [0.2, 0.25) is 0 Å². The maximum absolute atomic E-state index is 12.3. The molecular formula is C20H17N5O4. The highest BCUT2D eigenvalue weighted by molar-refractivity contribution is 5.97. The van der Waals surface area contributed by atoms with Crippen molar-refractivity contribution in [2.45, 2.75) is 6.92 Å². The minimum Gasteiger partial charge on any atom is -0.326 e. The van der Waals surface area contributed by atoms with Gasteiger partial charge in [0.15, 0.2) is 0 Å². The summed E-state index contributed by atoms with van der Waals surface area (Å²) in [5.74, 6) is -0.658. The molecule has 1 aromatic heterocycles. The van der Waals surface area contributed by atoms with Crippen molar-refractivity contribution in [3.05, 3.63) is 88.2 Å². The average molecular weight is 391 g/mol. The maximum atomic E-state index is 12.3. The molecule has 1 heterocycles. The van der Waals surface area contributed by atoms with Crippen molar-refractivity contribution in [2.75, 3.05) is 5.32 Å². The number of amides is 2. The number of carbonyl (C=O) groups excluding carboxylic acids is 2. The van der Waals surface area contributed by atoms with Crippen molar-refractivity contribution in [1.82, 2.24) is 9.99 Å². The summed E-state index contributed by atoms with van der Waals surface area (Å²) in [6.07, 6.45) is 3.25. The first-order valence-electron chi connectivity index (χ1n) is 8.57. The van der Waals surface area contributed by atoms with Crippen LogP contribution >= 0.6 is 0 Å². The van der Waals surface area contributed by atoms with Gasteiger partial charge < -0.3 is 9.88 Å². The number of hydrogen-bond acceptors (Lipinski definition) is 5. The number of anilines is 1. The zero-order valence-electron chi connectivity index (χ0n) is 15.4. The molecule has 0 saturated carbocycles. The van der Waals surface area contributed by atoms with E-state index in [0.717, 1.165) is 5.69 Å². The molecular weight excluding hydrogens is 374 g/mol. The molecule has 29 heavy (non-hydrogen) atoms. The van der Waals surface area contributed by atoms with Crippen LogP contribution in [-0.2, 0) is 4.79 Å². The van der Waals surface area contributed by atoms with Gasteiger partial charge in [0.05, 0.1) is 16.8 Å². The lowest BCUT2D eigenvalue weighted by Gasteiger charge is -2.06. The second kappa shape index (κ2) is 8.61. The minimum absolute atomic E-state index is 0.00452. The fraction of sp³-hybridized carbons (Fsp3) is 0.0500. The number of non-ortho nitro benzene ring substituents is 1. The standard InChI is InChI=1S/C20H17N5O4/c1-14(26)22-16-5-2-4-15(12-16)20(27)23-21-13-19-6-3-11-24(19)17-7-9-18(10-8-17)25(28)29/h2-13H,1H3,(H,22,26)(H,23,27). The Hall–Kier alpha value is -4.27. The van der Waals surface area contributed by atoms with Gasteiger partial charge in [-0.05, 0) is 42.5 Å². The molecule has 0 unspecified atom stereocenters. The number of nitro groups is 1. The van der Waals surface area contributed by atoms with E-state index in [1.165, 1.54) is 25.3 Å². The smallest absolute Gasteiger partial charge is 0.271 e. The number of benzene rings is 2. The summed E-state index contributed by atoms with van der Waals surface area (Å²) in [5.41, 5.74) is 4.69. The summed E-state index contributed by atoms with van der Waals surface area (Å²) in [4.78, 5) is 33.7. The van der Waals surface area contributed by atoms with Gasteiger partial charge in [0.25, 0.3) is 11.6 Å². The van der Waals surface area contributed by atoms with Gasteiger partial charge in [0.2, 0.25) is 5.91 Å². The fourth-order valence-corrected chi connectivity index (χ4v) is 2.63. The van der Waals surface area contributed by atoms with Gasteiger partial charge in [-0.25, -0.2) is 5.43 Å². The maximum Gasteiger partial charge on any atom is 0.271 e. The first kappa shape index (κ1) is 19.5. The van der Waals surface area contributed by atoms with Crippen LogP contribution in [0.15, 0.2) is 72.0 Å². The number of rotatable bonds is 6. The molecule has 0 aliphatic heterocycles. The van der Waals surface area contributed by atoms with E-state index in [0.29, 0.717) is 16.9 Å². The van der Waals surface area contributed by atoms with Gasteiger partial charge in [-0.15, -0.1) is 0 Å². The number of nitrogens with zero attached hydrogens (tertiary/aromatic N) is 3. The van der Waals surface area contributed by atoms with Gasteiger partial charge in [0, 0.05) is 42.2 Å². The third-order valence-corrected chi connectivity index (χ3v) is 3.93. The van der Waals surface area contributed by atoms with Gasteiger partial charge in [-0.1, -0.05) is 6.07 Å². The monoisotopic (exact) mass is 391 g/mol. The summed E-state index contributed by atoms with van der Waals surface area (Å²) in [6, 6.07) is 16.2. The second-order valence-corrected chi connectivity index (χ2v) is 6.04. The Balaban J connectivity index is 1.70. The normalized spacial score (nSPS) is 10.7. The van der Waals surface area contributed by atoms with E-state index in [1.54, 1.807) is 59.3 Å². The second-order valence-electron chi connectivity index (χ2n) is 6.04. The molecule has 0 aliphatic rings. The van der Waals surface area contributed by atoms with Gasteiger partial charge in [-0.2, -0.15) is 5.10 Å². The summed E-state index contributed by atoms with van der Waals surface area (Å²) in [7, 11) is 0. The lowest BCUT2D eigenvalue weighted by atomic mass is 10.2. The Morgan fingerprint density at radius 2 is 1.86 bits per heavy atom. The molecule has 2 aromatic carbocycles. The first-order valence-corrected chi connectivity index (χ1v) is 8.57. The van der Waals surface area contributed by atoms with E-state index >= 15 is 0 Å². The molecule has 2 N–H and O–H groups in total. The van der Waals surface area contributed by atoms with Crippen LogP contribution in [0.3, 0.4) is 0 Å². The van der Waals surface area contributed by atoms with Crippen LogP contribution < -0.4 is 10.7 Å². The molecule has 9 nitrogen and oxygen atoms in total. The quantitative estimate of drug-likeness (QED) is 0.381. The Kier molecular flexibility index (Phi) is 5.79. The third-order valence-electron chi connectivity index (χ3n) is 3.93. The van der Waals surface area contributed by atoms with Crippen LogP contribution in [0.1, 0.15) is 23.0 Å². The van der Waals surface area contributed by atoms with E-state index in [2.05, 4.69) is 15.8 Å². The Morgan fingerprint density at radius 3 is 2.55 bits per heavy atom. The van der Waals surface area contributed by atoms with Crippen molar-refractivity contribution in [2.24, 2.45) is 5.10 Å². The summed E-state index contributed by atoms with van der Waals surface area (Å²) < 4.78 is 1.77. The molecule has 0 bridgehead atoms. The number of hydrazone groups is 1. The number of carbonyl (C=O) groups is 2. The number of nitrogens with one attached hydrogen (secondary N) is 2. The highest BCUT2D eigenvalue weighted by Gasteiger charge is 2.08. The molecule has 3 rings (SSSR count). The van der Waals surface area contributed by atoms with E-state index in [1.807, 2.05) is 0 Å². The molecule has 0 atom stereocenters. The van der Waals surface area contributed by atoms with Gasteiger partial charge in [0.1, 0.15) is 0 Å². The average Bonchev–Trinajstić information content (AvgIpc) is 3.16. The zero-order chi connectivity index (χ0) is 20.8. The van der Waals surface area contributed by atoms with E-state index in [9.17, 15) is 19.7 Å². The molecule has 146 valence electrons. The van der Waals surface area contributed by atoms with Crippen LogP contribution in [0.5, 0.6) is 0 Å². The molecule has 0 saturated heterocycles. The van der Waals surface area contributed by atoms with Crippen LogP contribution in [-0.4, -0.2) is 27.5 Å². The summed E-state index contributed by atoms with van der Waals surface area (Å²) in [6.45, 7) is 1.39.